The van der Waals surface area contributed by atoms with Crippen molar-refractivity contribution >= 4 is 17.6 Å². The van der Waals surface area contributed by atoms with Gasteiger partial charge in [0, 0.05) is 5.57 Å². The lowest BCUT2D eigenvalue weighted by molar-refractivity contribution is -0.150. The molecule has 0 spiro atoms. The maximum Gasteiger partial charge on any atom is 0.334 e. The third-order valence-electron chi connectivity index (χ3n) is 4.17. The van der Waals surface area contributed by atoms with Crippen molar-refractivity contribution in [1.82, 2.24) is 10.1 Å². The molecule has 1 aliphatic rings. The van der Waals surface area contributed by atoms with Crippen molar-refractivity contribution in [2.24, 2.45) is 0 Å². The largest absolute Gasteiger partial charge is 0.457 e. The SMILES string of the molecule is C=C(Cc1nc(C2(c3ccc(Cl)c(F)c3)CC2)no1)C(=O)OC(C)(C)C. The first-order chi connectivity index (χ1) is 12.1. The molecule has 0 bridgehead atoms. The molecule has 0 saturated heterocycles. The van der Waals surface area contributed by atoms with E-state index in [0.717, 1.165) is 18.4 Å². The van der Waals surface area contributed by atoms with Crippen molar-refractivity contribution in [3.63, 3.8) is 0 Å². The van der Waals surface area contributed by atoms with Crippen LogP contribution in [0.4, 0.5) is 4.39 Å². The monoisotopic (exact) mass is 378 g/mol. The lowest BCUT2D eigenvalue weighted by atomic mass is 9.95. The highest BCUT2D eigenvalue weighted by Gasteiger charge is 2.50. The standard InChI is InChI=1S/C19H20ClFN2O3/c1-11(16(24)25-18(2,3)4)9-15-22-17(23-26-15)19(7-8-19)12-5-6-13(20)14(21)10-12/h5-6,10H,1,7-9H2,2-4H3. The third kappa shape index (κ3) is 3.80. The van der Waals surface area contributed by atoms with Gasteiger partial charge in [-0.25, -0.2) is 9.18 Å². The topological polar surface area (TPSA) is 65.2 Å². The number of esters is 1. The summed E-state index contributed by atoms with van der Waals surface area (Å²) in [5, 5.41) is 4.11. The molecule has 26 heavy (non-hydrogen) atoms. The van der Waals surface area contributed by atoms with Crippen LogP contribution in [0.1, 0.15) is 50.9 Å². The van der Waals surface area contributed by atoms with Gasteiger partial charge in [0.15, 0.2) is 5.82 Å². The van der Waals surface area contributed by atoms with Gasteiger partial charge in [-0.3, -0.25) is 0 Å². The highest BCUT2D eigenvalue weighted by atomic mass is 35.5. The zero-order valence-electron chi connectivity index (χ0n) is 14.9. The number of benzene rings is 1. The van der Waals surface area contributed by atoms with Gasteiger partial charge in [0.2, 0.25) is 5.89 Å². The lowest BCUT2D eigenvalue weighted by Gasteiger charge is -2.19. The van der Waals surface area contributed by atoms with E-state index in [0.29, 0.717) is 5.82 Å². The maximum atomic E-state index is 13.8. The van der Waals surface area contributed by atoms with Crippen molar-refractivity contribution in [2.45, 2.75) is 51.0 Å². The van der Waals surface area contributed by atoms with E-state index in [9.17, 15) is 9.18 Å². The van der Waals surface area contributed by atoms with E-state index in [-0.39, 0.29) is 22.9 Å². The Kier molecular flexibility index (Phi) is 4.65. The fraction of sp³-hybridized carbons (Fsp3) is 0.421. The molecular weight excluding hydrogens is 359 g/mol. The first kappa shape index (κ1) is 18.6. The van der Waals surface area contributed by atoms with Gasteiger partial charge < -0.3 is 9.26 Å². The van der Waals surface area contributed by atoms with Crippen LogP contribution < -0.4 is 0 Å². The second kappa shape index (κ2) is 6.50. The molecule has 1 aromatic carbocycles. The normalized spacial score (nSPS) is 15.6. The van der Waals surface area contributed by atoms with E-state index < -0.39 is 22.8 Å². The lowest BCUT2D eigenvalue weighted by Crippen LogP contribution is -2.25. The minimum Gasteiger partial charge on any atom is -0.457 e. The van der Waals surface area contributed by atoms with Crippen LogP contribution >= 0.6 is 11.6 Å². The molecule has 1 fully saturated rings. The molecule has 1 saturated carbocycles. The first-order valence-corrected chi connectivity index (χ1v) is 8.68. The molecule has 1 heterocycles. The van der Waals surface area contributed by atoms with E-state index in [2.05, 4.69) is 16.7 Å². The Labute approximate surface area is 156 Å². The number of rotatable bonds is 5. The maximum absolute atomic E-state index is 13.8. The van der Waals surface area contributed by atoms with Gasteiger partial charge in [-0.1, -0.05) is 29.4 Å². The van der Waals surface area contributed by atoms with Crippen LogP contribution in [-0.4, -0.2) is 21.7 Å². The Hall–Kier alpha value is -2.21. The smallest absolute Gasteiger partial charge is 0.334 e. The Bertz CT molecular complexity index is 866. The van der Waals surface area contributed by atoms with Gasteiger partial charge >= 0.3 is 5.97 Å². The van der Waals surface area contributed by atoms with Crippen LogP contribution in [-0.2, 0) is 21.4 Å². The van der Waals surface area contributed by atoms with Gasteiger partial charge in [0.1, 0.15) is 11.4 Å². The molecule has 0 aliphatic heterocycles. The van der Waals surface area contributed by atoms with E-state index in [1.807, 2.05) is 0 Å². The molecule has 2 aromatic rings. The molecule has 138 valence electrons. The van der Waals surface area contributed by atoms with Gasteiger partial charge in [-0.15, -0.1) is 0 Å². The van der Waals surface area contributed by atoms with E-state index in [1.165, 1.54) is 12.1 Å². The zero-order valence-corrected chi connectivity index (χ0v) is 15.7. The molecule has 0 atom stereocenters. The number of hydrogen-bond donors (Lipinski definition) is 0. The average molecular weight is 379 g/mol. The molecule has 0 N–H and O–H groups in total. The molecule has 5 nitrogen and oxygen atoms in total. The molecule has 1 aliphatic carbocycles. The van der Waals surface area contributed by atoms with Crippen molar-refractivity contribution in [1.29, 1.82) is 0 Å². The van der Waals surface area contributed by atoms with E-state index in [4.69, 9.17) is 20.9 Å². The van der Waals surface area contributed by atoms with Crippen molar-refractivity contribution in [3.8, 4) is 0 Å². The third-order valence-corrected chi connectivity index (χ3v) is 4.48. The van der Waals surface area contributed by atoms with Crippen LogP contribution in [0.2, 0.25) is 5.02 Å². The fourth-order valence-corrected chi connectivity index (χ4v) is 2.80. The predicted octanol–water partition coefficient (Wildman–Crippen LogP) is 4.38. The molecule has 1 aromatic heterocycles. The Balaban J connectivity index is 1.75. The minimum absolute atomic E-state index is 0.0759. The Morgan fingerprint density at radius 1 is 1.42 bits per heavy atom. The van der Waals surface area contributed by atoms with Crippen LogP contribution in [0.25, 0.3) is 0 Å². The number of aromatic nitrogens is 2. The summed E-state index contributed by atoms with van der Waals surface area (Å²) in [6.45, 7) is 9.08. The van der Waals surface area contributed by atoms with Crippen molar-refractivity contribution in [3.05, 3.63) is 58.5 Å². The zero-order chi connectivity index (χ0) is 19.1. The van der Waals surface area contributed by atoms with Crippen LogP contribution in [0, 0.1) is 5.82 Å². The van der Waals surface area contributed by atoms with Gasteiger partial charge in [0.25, 0.3) is 0 Å². The van der Waals surface area contributed by atoms with E-state index in [1.54, 1.807) is 26.8 Å². The highest BCUT2D eigenvalue weighted by molar-refractivity contribution is 6.30. The van der Waals surface area contributed by atoms with Gasteiger partial charge in [-0.2, -0.15) is 4.98 Å². The van der Waals surface area contributed by atoms with Crippen molar-refractivity contribution < 1.29 is 18.4 Å². The van der Waals surface area contributed by atoms with Gasteiger partial charge in [0.05, 0.1) is 16.9 Å². The minimum atomic E-state index is -0.600. The van der Waals surface area contributed by atoms with E-state index >= 15 is 0 Å². The summed E-state index contributed by atoms with van der Waals surface area (Å²) < 4.78 is 24.3. The second-order valence-corrected chi connectivity index (χ2v) is 7.91. The molecule has 7 heteroatoms. The number of halogens is 2. The summed E-state index contributed by atoms with van der Waals surface area (Å²) >= 11 is 5.76. The predicted molar refractivity (Wildman–Crippen MR) is 94.4 cm³/mol. The van der Waals surface area contributed by atoms with Gasteiger partial charge in [-0.05, 0) is 51.3 Å². The molecule has 3 rings (SSSR count). The second-order valence-electron chi connectivity index (χ2n) is 7.50. The number of ether oxygens (including phenoxy) is 1. The highest BCUT2D eigenvalue weighted by Crippen LogP contribution is 2.52. The molecule has 0 unspecified atom stereocenters. The summed E-state index contributed by atoms with van der Waals surface area (Å²) in [6.07, 6.45) is 1.69. The van der Waals surface area contributed by atoms with Crippen LogP contribution in [0.5, 0.6) is 0 Å². The number of hydrogen-bond acceptors (Lipinski definition) is 5. The summed E-state index contributed by atoms with van der Waals surface area (Å²) in [4.78, 5) is 16.4. The van der Waals surface area contributed by atoms with Crippen LogP contribution in [0.3, 0.4) is 0 Å². The number of nitrogens with zero attached hydrogens (tertiary/aromatic N) is 2. The van der Waals surface area contributed by atoms with Crippen LogP contribution in [0.15, 0.2) is 34.9 Å². The molecule has 0 amide bonds. The average Bonchev–Trinajstić information content (AvgIpc) is 3.22. The number of carbonyl (C=O) groups excluding carboxylic acids is 1. The summed E-state index contributed by atoms with van der Waals surface area (Å²) in [5.74, 6) is -0.224. The first-order valence-electron chi connectivity index (χ1n) is 8.30. The molecule has 0 radical (unpaired) electrons. The fourth-order valence-electron chi connectivity index (χ4n) is 2.69. The van der Waals surface area contributed by atoms with Crippen molar-refractivity contribution in [2.75, 3.05) is 0 Å². The summed E-state index contributed by atoms with van der Waals surface area (Å²) in [6, 6.07) is 4.71. The Morgan fingerprint density at radius 3 is 2.69 bits per heavy atom. The molecular formula is C19H20ClFN2O3. The summed E-state index contributed by atoms with van der Waals surface area (Å²) in [7, 11) is 0. The quantitative estimate of drug-likeness (QED) is 0.570. The Morgan fingerprint density at radius 2 is 2.12 bits per heavy atom. The number of carbonyl (C=O) groups is 1. The summed E-state index contributed by atoms with van der Waals surface area (Å²) in [5.41, 5.74) is -0.0628.